The Labute approximate surface area is 313 Å². The van der Waals surface area contributed by atoms with Crippen LogP contribution in [0.25, 0.3) is 0 Å². The van der Waals surface area contributed by atoms with E-state index in [9.17, 15) is 36.8 Å². The van der Waals surface area contributed by atoms with Gasteiger partial charge in [-0.1, -0.05) is 37.1 Å². The topological polar surface area (TPSA) is 194 Å². The molecule has 1 saturated heterocycles. The Morgan fingerprint density at radius 2 is 1.85 bits per heavy atom. The van der Waals surface area contributed by atoms with Gasteiger partial charge in [0, 0.05) is 24.4 Å². The minimum atomic E-state index is -4.44. The number of nitrogens with one attached hydrogen (secondary N) is 3. The predicted molar refractivity (Wildman–Crippen MR) is 189 cm³/mol. The Kier molecular flexibility index (Phi) is 10.8. The normalized spacial score (nSPS) is 26.6. The van der Waals surface area contributed by atoms with Gasteiger partial charge in [-0.3, -0.25) is 19.3 Å². The van der Waals surface area contributed by atoms with Gasteiger partial charge in [0.25, 0.3) is 15.9 Å². The number of rotatable bonds is 5. The standard InChI is InChI=1S/C37H46FN5O10S/c1-22-15-16-30(51-22)54(49,50)41-33(46)37-18-24(37)12-8-6-5-7-9-14-28(39-34(47)53-36(2,3)4)32(45)43-20-25(17-29(43)31(44)40-37)52-35(48)42-19-23-11-10-13-27(38)26(23)21-42/h8,10-13,15-16,24-25,28-29H,5-7,9,14,17-21H2,1-4H3,(H,39,47)(H,40,44)(H,41,46)/b12-8-/t24-,25-,28+,29+,37-/m1/s1. The predicted octanol–water partition coefficient (Wildman–Crippen LogP) is 3.94. The van der Waals surface area contributed by atoms with Crippen molar-refractivity contribution in [2.24, 2.45) is 5.92 Å². The summed E-state index contributed by atoms with van der Waals surface area (Å²) in [5, 5.41) is 4.94. The summed E-state index contributed by atoms with van der Waals surface area (Å²) in [4.78, 5) is 71.2. The fraction of sp³-hybridized carbons (Fsp3) is 0.541. The van der Waals surface area contributed by atoms with Crippen LogP contribution in [0.3, 0.4) is 0 Å². The van der Waals surface area contributed by atoms with Crippen molar-refractivity contribution in [3.63, 3.8) is 0 Å². The third kappa shape index (κ3) is 8.55. The van der Waals surface area contributed by atoms with E-state index < -0.39 is 86.1 Å². The van der Waals surface area contributed by atoms with Gasteiger partial charge < -0.3 is 29.4 Å². The number of alkyl carbamates (subject to hydrolysis) is 1. The largest absolute Gasteiger partial charge is 0.448 e. The Morgan fingerprint density at radius 1 is 1.07 bits per heavy atom. The van der Waals surface area contributed by atoms with Crippen molar-refractivity contribution in [2.45, 2.75) is 120 Å². The zero-order chi connectivity index (χ0) is 39.0. The maximum Gasteiger partial charge on any atom is 0.410 e. The van der Waals surface area contributed by atoms with Gasteiger partial charge in [0.1, 0.15) is 40.9 Å². The number of benzene rings is 1. The van der Waals surface area contributed by atoms with Crippen LogP contribution in [0.5, 0.6) is 0 Å². The summed E-state index contributed by atoms with van der Waals surface area (Å²) < 4.78 is 59.2. The van der Waals surface area contributed by atoms with Gasteiger partial charge in [-0.2, -0.15) is 8.42 Å². The Bertz CT molecular complexity index is 1960. The molecule has 5 amide bonds. The van der Waals surface area contributed by atoms with Crippen LogP contribution in [0.1, 0.15) is 82.6 Å². The number of halogens is 1. The highest BCUT2D eigenvalue weighted by Gasteiger charge is 2.62. The Balaban J connectivity index is 1.26. The third-order valence-corrected chi connectivity index (χ3v) is 11.2. The highest BCUT2D eigenvalue weighted by atomic mass is 32.2. The smallest absolute Gasteiger partial charge is 0.410 e. The minimum absolute atomic E-state index is 0.0188. The number of sulfonamides is 1. The lowest BCUT2D eigenvalue weighted by Crippen LogP contribution is -2.58. The van der Waals surface area contributed by atoms with Crippen LogP contribution in [0.2, 0.25) is 0 Å². The molecule has 0 bridgehead atoms. The molecule has 2 fully saturated rings. The van der Waals surface area contributed by atoms with Crippen molar-refractivity contribution in [3.05, 3.63) is 65.2 Å². The first-order valence-corrected chi connectivity index (χ1v) is 19.6. The first kappa shape index (κ1) is 38.8. The maximum atomic E-state index is 14.4. The van der Waals surface area contributed by atoms with Crippen LogP contribution in [0, 0.1) is 18.7 Å². The molecule has 17 heteroatoms. The second-order valence-electron chi connectivity index (χ2n) is 15.3. The van der Waals surface area contributed by atoms with E-state index >= 15 is 0 Å². The molecule has 4 heterocycles. The number of nitrogens with zero attached hydrogens (tertiary/aromatic N) is 2. The molecule has 1 aliphatic carbocycles. The molecule has 0 spiro atoms. The van der Waals surface area contributed by atoms with Crippen LogP contribution in [-0.2, 0) is 47.0 Å². The van der Waals surface area contributed by atoms with Crippen molar-refractivity contribution >= 4 is 39.9 Å². The number of fused-ring (bicyclic) bond motifs is 3. The van der Waals surface area contributed by atoms with Crippen molar-refractivity contribution in [1.29, 1.82) is 0 Å². The van der Waals surface area contributed by atoms with Gasteiger partial charge in [0.15, 0.2) is 0 Å². The number of aryl methyl sites for hydroxylation is 1. The van der Waals surface area contributed by atoms with Gasteiger partial charge in [0.2, 0.25) is 16.9 Å². The number of hydrogen-bond donors (Lipinski definition) is 3. The van der Waals surface area contributed by atoms with E-state index in [4.69, 9.17) is 13.9 Å². The molecule has 1 aromatic heterocycles. The number of allylic oxidation sites excluding steroid dienone is 1. The molecule has 54 heavy (non-hydrogen) atoms. The fourth-order valence-corrected chi connectivity index (χ4v) is 8.18. The molecule has 0 unspecified atom stereocenters. The quantitative estimate of drug-likeness (QED) is 0.375. The zero-order valence-electron chi connectivity index (χ0n) is 30.7. The molecule has 292 valence electrons. The molecular formula is C37H46FN5O10S. The number of furan rings is 1. The number of amides is 5. The first-order valence-electron chi connectivity index (χ1n) is 18.1. The van der Waals surface area contributed by atoms with Gasteiger partial charge >= 0.3 is 12.2 Å². The number of hydrogen-bond acceptors (Lipinski definition) is 10. The SMILES string of the molecule is Cc1ccc(S(=O)(=O)NC(=O)[C@@]23C[C@H]2/C=C\CCCCC[C@H](NC(=O)OC(C)(C)C)C(=O)N2C[C@H](OC(=O)N4Cc5cccc(F)c5C4)C[C@H]2C(=O)N3)o1. The van der Waals surface area contributed by atoms with Crippen molar-refractivity contribution in [2.75, 3.05) is 6.54 Å². The summed E-state index contributed by atoms with van der Waals surface area (Å²) in [6.45, 7) is 6.47. The lowest BCUT2D eigenvalue weighted by atomic mass is 10.0. The van der Waals surface area contributed by atoms with Crippen molar-refractivity contribution in [3.8, 4) is 0 Å². The lowest BCUT2D eigenvalue weighted by molar-refractivity contribution is -0.141. The first-order chi connectivity index (χ1) is 25.5. The van der Waals surface area contributed by atoms with Crippen LogP contribution in [-0.4, -0.2) is 84.0 Å². The number of carbonyl (C=O) groups excluding carboxylic acids is 5. The number of carbonyl (C=O) groups is 5. The average molecular weight is 772 g/mol. The van der Waals surface area contributed by atoms with Gasteiger partial charge in [0.05, 0.1) is 13.1 Å². The molecule has 1 aromatic carbocycles. The molecular weight excluding hydrogens is 725 g/mol. The van der Waals surface area contributed by atoms with Crippen LogP contribution < -0.4 is 15.4 Å². The number of ether oxygens (including phenoxy) is 2. The van der Waals surface area contributed by atoms with E-state index in [1.165, 1.54) is 28.0 Å². The zero-order valence-corrected chi connectivity index (χ0v) is 31.5. The molecule has 2 aromatic rings. The molecule has 5 atom stereocenters. The molecule has 3 aliphatic heterocycles. The highest BCUT2D eigenvalue weighted by molar-refractivity contribution is 7.89. The monoisotopic (exact) mass is 771 g/mol. The van der Waals surface area contributed by atoms with Crippen molar-refractivity contribution < 1.29 is 50.7 Å². The van der Waals surface area contributed by atoms with E-state index in [1.54, 1.807) is 45.9 Å². The molecule has 0 radical (unpaired) electrons. The molecule has 6 rings (SSSR count). The minimum Gasteiger partial charge on any atom is -0.448 e. The van der Waals surface area contributed by atoms with E-state index in [0.29, 0.717) is 36.1 Å². The second-order valence-corrected chi connectivity index (χ2v) is 16.9. The Hall–Kier alpha value is -4.93. The third-order valence-electron chi connectivity index (χ3n) is 10.00. The Morgan fingerprint density at radius 3 is 2.56 bits per heavy atom. The van der Waals surface area contributed by atoms with E-state index in [2.05, 4.69) is 10.6 Å². The molecule has 3 N–H and O–H groups in total. The fourth-order valence-electron chi connectivity index (χ4n) is 7.16. The summed E-state index contributed by atoms with van der Waals surface area (Å²) >= 11 is 0. The lowest BCUT2D eigenvalue weighted by Gasteiger charge is -2.30. The maximum absolute atomic E-state index is 14.4. The molecule has 15 nitrogen and oxygen atoms in total. The average Bonchev–Trinajstić information content (AvgIpc) is 3.46. The summed E-state index contributed by atoms with van der Waals surface area (Å²) in [5.41, 5.74) is -1.52. The highest BCUT2D eigenvalue weighted by Crippen LogP contribution is 2.46. The van der Waals surface area contributed by atoms with Gasteiger partial charge in [-0.25, -0.2) is 18.7 Å². The molecule has 1 saturated carbocycles. The van der Waals surface area contributed by atoms with Gasteiger partial charge in [-0.05, 0) is 77.1 Å². The van der Waals surface area contributed by atoms with Crippen molar-refractivity contribution in [1.82, 2.24) is 25.2 Å². The summed E-state index contributed by atoms with van der Waals surface area (Å²) in [5.74, 6) is -3.06. The summed E-state index contributed by atoms with van der Waals surface area (Å²) in [6, 6.07) is 4.84. The molecule has 4 aliphatic rings. The van der Waals surface area contributed by atoms with Crippen LogP contribution in [0.15, 0.2) is 52.0 Å². The van der Waals surface area contributed by atoms with E-state index in [0.717, 1.165) is 6.42 Å². The van der Waals surface area contributed by atoms with Crippen LogP contribution in [0.4, 0.5) is 14.0 Å². The summed E-state index contributed by atoms with van der Waals surface area (Å²) in [7, 11) is -4.44. The van der Waals surface area contributed by atoms with Gasteiger partial charge in [-0.15, -0.1) is 0 Å². The second kappa shape index (κ2) is 15.1. The summed E-state index contributed by atoms with van der Waals surface area (Å²) in [6.07, 6.45) is 3.81. The van der Waals surface area contributed by atoms with E-state index in [-0.39, 0.29) is 38.9 Å². The van der Waals surface area contributed by atoms with Crippen LogP contribution >= 0.6 is 0 Å². The van der Waals surface area contributed by atoms with E-state index in [1.807, 2.05) is 10.8 Å².